The second-order valence-electron chi connectivity index (χ2n) is 7.65. The molecule has 0 unspecified atom stereocenters. The number of nitrogens with zero attached hydrogens (tertiary/aromatic N) is 2. The number of carbonyl (C=O) groups is 1. The van der Waals surface area contributed by atoms with Crippen molar-refractivity contribution in [3.63, 3.8) is 0 Å². The highest BCUT2D eigenvalue weighted by Crippen LogP contribution is 2.27. The van der Waals surface area contributed by atoms with Crippen LogP contribution in [0.5, 0.6) is 0 Å². The van der Waals surface area contributed by atoms with Crippen molar-refractivity contribution in [2.45, 2.75) is 44.2 Å². The maximum Gasteiger partial charge on any atom is 0.250 e. The standard InChI is InChI=1S/C23H26N4O2/c24-23(29)21-8-5-19(15-22(21)26-17-3-6-20(28)7-4-17)27-13-1-2-18(27)14-16-9-11-25-12-10-16/h1-2,5,8-13,15,17,20,26,28H,3-4,6-7,14H2,(H2,24,29)/t17-,20-. The van der Waals surface area contributed by atoms with Crippen LogP contribution in [0.3, 0.4) is 0 Å². The number of benzene rings is 1. The Kier molecular flexibility index (Phi) is 5.62. The minimum atomic E-state index is -0.445. The van der Waals surface area contributed by atoms with Crippen LogP contribution in [0.25, 0.3) is 5.69 Å². The number of aromatic nitrogens is 2. The number of pyridine rings is 1. The first-order valence-corrected chi connectivity index (χ1v) is 10.0. The summed E-state index contributed by atoms with van der Waals surface area (Å²) in [5.41, 5.74) is 10.2. The van der Waals surface area contributed by atoms with Crippen LogP contribution in [-0.2, 0) is 6.42 Å². The Balaban J connectivity index is 1.62. The van der Waals surface area contributed by atoms with Crippen LogP contribution >= 0.6 is 0 Å². The van der Waals surface area contributed by atoms with Gasteiger partial charge in [-0.1, -0.05) is 0 Å². The van der Waals surface area contributed by atoms with Crippen molar-refractivity contribution in [3.8, 4) is 5.69 Å². The van der Waals surface area contributed by atoms with Gasteiger partial charge in [-0.15, -0.1) is 0 Å². The number of primary amides is 1. The first-order valence-electron chi connectivity index (χ1n) is 10.0. The van der Waals surface area contributed by atoms with E-state index in [4.69, 9.17) is 5.73 Å². The van der Waals surface area contributed by atoms with Crippen LogP contribution in [0.1, 0.15) is 47.3 Å². The van der Waals surface area contributed by atoms with Crippen LogP contribution in [-0.4, -0.2) is 32.7 Å². The van der Waals surface area contributed by atoms with E-state index < -0.39 is 5.91 Å². The highest BCUT2D eigenvalue weighted by Gasteiger charge is 2.21. The molecule has 6 heteroatoms. The smallest absolute Gasteiger partial charge is 0.250 e. The number of nitrogens with one attached hydrogen (secondary N) is 1. The Morgan fingerprint density at radius 3 is 2.62 bits per heavy atom. The van der Waals surface area contributed by atoms with Crippen LogP contribution in [0.4, 0.5) is 5.69 Å². The molecule has 6 nitrogen and oxygen atoms in total. The molecule has 1 amide bonds. The normalized spacial score (nSPS) is 19.1. The lowest BCUT2D eigenvalue weighted by molar-refractivity contribution is 0.100. The van der Waals surface area contributed by atoms with E-state index in [1.807, 2.05) is 36.5 Å². The largest absolute Gasteiger partial charge is 0.393 e. The van der Waals surface area contributed by atoms with Gasteiger partial charge in [0.2, 0.25) is 0 Å². The fraction of sp³-hybridized carbons (Fsp3) is 0.304. The lowest BCUT2D eigenvalue weighted by Gasteiger charge is -2.28. The summed E-state index contributed by atoms with van der Waals surface area (Å²) >= 11 is 0. The molecule has 0 radical (unpaired) electrons. The molecule has 2 aromatic heterocycles. The van der Waals surface area contributed by atoms with Crippen molar-refractivity contribution < 1.29 is 9.90 Å². The van der Waals surface area contributed by atoms with E-state index in [1.54, 1.807) is 18.5 Å². The third-order valence-corrected chi connectivity index (χ3v) is 5.57. The average molecular weight is 390 g/mol. The lowest BCUT2D eigenvalue weighted by atomic mass is 9.92. The summed E-state index contributed by atoms with van der Waals surface area (Å²) in [6, 6.07) is 14.1. The summed E-state index contributed by atoms with van der Waals surface area (Å²) in [4.78, 5) is 16.0. The number of nitrogens with two attached hydrogens (primary N) is 1. The third kappa shape index (κ3) is 4.49. The Morgan fingerprint density at radius 2 is 1.90 bits per heavy atom. The summed E-state index contributed by atoms with van der Waals surface area (Å²) in [5.74, 6) is -0.445. The van der Waals surface area contributed by atoms with Gasteiger partial charge < -0.3 is 20.7 Å². The minimum absolute atomic E-state index is 0.217. The van der Waals surface area contributed by atoms with E-state index in [2.05, 4.69) is 20.9 Å². The first kappa shape index (κ1) is 19.2. The summed E-state index contributed by atoms with van der Waals surface area (Å²) < 4.78 is 2.13. The van der Waals surface area contributed by atoms with Gasteiger partial charge in [0.15, 0.2) is 0 Å². The molecular weight excluding hydrogens is 364 g/mol. The molecule has 4 N–H and O–H groups in total. The summed E-state index contributed by atoms with van der Waals surface area (Å²) in [7, 11) is 0. The van der Waals surface area contributed by atoms with Crippen molar-refractivity contribution >= 4 is 11.6 Å². The van der Waals surface area contributed by atoms with Crippen molar-refractivity contribution in [1.82, 2.24) is 9.55 Å². The molecule has 1 fully saturated rings. The number of hydrogen-bond acceptors (Lipinski definition) is 4. The van der Waals surface area contributed by atoms with E-state index >= 15 is 0 Å². The molecule has 2 heterocycles. The molecule has 1 aliphatic rings. The molecule has 0 saturated heterocycles. The van der Waals surface area contributed by atoms with Crippen molar-refractivity contribution in [2.24, 2.45) is 5.73 Å². The van der Waals surface area contributed by atoms with E-state index in [9.17, 15) is 9.90 Å². The lowest BCUT2D eigenvalue weighted by Crippen LogP contribution is -2.29. The van der Waals surface area contributed by atoms with Gasteiger partial charge in [-0.05, 0) is 73.7 Å². The second-order valence-corrected chi connectivity index (χ2v) is 7.65. The molecule has 0 spiro atoms. The Morgan fingerprint density at radius 1 is 1.14 bits per heavy atom. The van der Waals surface area contributed by atoms with Gasteiger partial charge in [-0.3, -0.25) is 9.78 Å². The predicted octanol–water partition coefficient (Wildman–Crippen LogP) is 3.28. The maximum absolute atomic E-state index is 12.0. The molecule has 1 aliphatic carbocycles. The minimum Gasteiger partial charge on any atom is -0.393 e. The molecule has 150 valence electrons. The monoisotopic (exact) mass is 390 g/mol. The molecule has 0 aliphatic heterocycles. The molecular formula is C23H26N4O2. The van der Waals surface area contributed by atoms with Crippen molar-refractivity contribution in [2.75, 3.05) is 5.32 Å². The van der Waals surface area contributed by atoms with Gasteiger partial charge >= 0.3 is 0 Å². The van der Waals surface area contributed by atoms with Crippen LogP contribution < -0.4 is 11.1 Å². The fourth-order valence-electron chi connectivity index (χ4n) is 3.98. The summed E-state index contributed by atoms with van der Waals surface area (Å²) in [5, 5.41) is 13.2. The Hall–Kier alpha value is -3.12. The predicted molar refractivity (Wildman–Crippen MR) is 113 cm³/mol. The van der Waals surface area contributed by atoms with Gasteiger partial charge in [0.1, 0.15) is 0 Å². The molecule has 0 bridgehead atoms. The molecule has 0 atom stereocenters. The van der Waals surface area contributed by atoms with Gasteiger partial charge in [-0.2, -0.15) is 0 Å². The quantitative estimate of drug-likeness (QED) is 0.602. The Bertz CT molecular complexity index is 976. The maximum atomic E-state index is 12.0. The third-order valence-electron chi connectivity index (χ3n) is 5.57. The number of aliphatic hydroxyl groups excluding tert-OH is 1. The number of hydrogen-bond donors (Lipinski definition) is 3. The SMILES string of the molecule is NC(=O)c1ccc(-n2cccc2Cc2ccncc2)cc1N[C@H]1CC[C@H](O)CC1. The van der Waals surface area contributed by atoms with Crippen molar-refractivity contribution in [1.29, 1.82) is 0 Å². The molecule has 3 aromatic rings. The molecule has 1 aromatic carbocycles. The topological polar surface area (TPSA) is 93.2 Å². The zero-order valence-electron chi connectivity index (χ0n) is 16.3. The highest BCUT2D eigenvalue weighted by atomic mass is 16.3. The Labute approximate surface area is 170 Å². The van der Waals surface area contributed by atoms with Crippen LogP contribution in [0, 0.1) is 0 Å². The molecule has 4 rings (SSSR count). The van der Waals surface area contributed by atoms with E-state index in [0.29, 0.717) is 5.56 Å². The summed E-state index contributed by atoms with van der Waals surface area (Å²) in [6.07, 6.45) is 9.49. The number of aliphatic hydroxyl groups is 1. The number of amides is 1. The van der Waals surface area contributed by atoms with Gasteiger partial charge in [-0.25, -0.2) is 0 Å². The number of anilines is 1. The average Bonchev–Trinajstić information content (AvgIpc) is 3.18. The molecule has 1 saturated carbocycles. The fourth-order valence-corrected chi connectivity index (χ4v) is 3.98. The van der Waals surface area contributed by atoms with Gasteiger partial charge in [0.05, 0.1) is 11.7 Å². The first-order chi connectivity index (χ1) is 14.1. The van der Waals surface area contributed by atoms with Gasteiger partial charge in [0, 0.05) is 48.1 Å². The molecule has 29 heavy (non-hydrogen) atoms. The number of carbonyl (C=O) groups excluding carboxylic acids is 1. The highest BCUT2D eigenvalue weighted by molar-refractivity contribution is 5.99. The van der Waals surface area contributed by atoms with Gasteiger partial charge in [0.25, 0.3) is 5.91 Å². The second kappa shape index (κ2) is 8.49. The van der Waals surface area contributed by atoms with E-state index in [1.165, 1.54) is 5.56 Å². The van der Waals surface area contributed by atoms with Crippen molar-refractivity contribution in [3.05, 3.63) is 77.9 Å². The number of rotatable bonds is 6. The van der Waals surface area contributed by atoms with Crippen LogP contribution in [0.2, 0.25) is 0 Å². The summed E-state index contributed by atoms with van der Waals surface area (Å²) in [6.45, 7) is 0. The van der Waals surface area contributed by atoms with E-state index in [-0.39, 0.29) is 12.1 Å². The zero-order chi connectivity index (χ0) is 20.2. The zero-order valence-corrected chi connectivity index (χ0v) is 16.3. The van der Waals surface area contributed by atoms with E-state index in [0.717, 1.165) is 49.2 Å². The van der Waals surface area contributed by atoms with Crippen LogP contribution in [0.15, 0.2) is 61.1 Å².